The summed E-state index contributed by atoms with van der Waals surface area (Å²) in [6.07, 6.45) is 0. The van der Waals surface area contributed by atoms with Gasteiger partial charge in [-0.05, 0) is 23.9 Å². The van der Waals surface area contributed by atoms with E-state index in [4.69, 9.17) is 11.6 Å². The second-order valence-electron chi connectivity index (χ2n) is 2.62. The Bertz CT molecular complexity index is 351. The van der Waals surface area contributed by atoms with Crippen LogP contribution < -0.4 is 10.9 Å². The topological polar surface area (TPSA) is 58.2 Å². The van der Waals surface area contributed by atoms with Gasteiger partial charge in [-0.3, -0.25) is 20.4 Å². The number of thiophene rings is 1. The Kier molecular flexibility index (Phi) is 3.91. The van der Waals surface area contributed by atoms with E-state index in [1.807, 2.05) is 12.3 Å². The van der Waals surface area contributed by atoms with E-state index in [0.717, 1.165) is 5.56 Å². The maximum atomic E-state index is 11.3. The molecule has 0 atom stereocenters. The largest absolute Gasteiger partial charge is 0.279 e. The molecule has 76 valence electrons. The van der Waals surface area contributed by atoms with Gasteiger partial charge in [0.1, 0.15) is 5.88 Å². The van der Waals surface area contributed by atoms with Gasteiger partial charge < -0.3 is 0 Å². The summed E-state index contributed by atoms with van der Waals surface area (Å²) in [7, 11) is 0. The van der Waals surface area contributed by atoms with E-state index in [0.29, 0.717) is 4.88 Å². The molecule has 0 radical (unpaired) electrons. The van der Waals surface area contributed by atoms with Gasteiger partial charge in [0.2, 0.25) is 0 Å². The van der Waals surface area contributed by atoms with E-state index in [1.165, 1.54) is 11.3 Å². The highest BCUT2D eigenvalue weighted by Crippen LogP contribution is 2.12. The molecule has 0 bridgehead atoms. The molecule has 4 nitrogen and oxygen atoms in total. The number of carbonyl (C=O) groups is 2. The van der Waals surface area contributed by atoms with E-state index >= 15 is 0 Å². The van der Waals surface area contributed by atoms with Gasteiger partial charge in [-0.2, -0.15) is 0 Å². The van der Waals surface area contributed by atoms with Crippen molar-refractivity contribution in [2.24, 2.45) is 0 Å². The Hall–Kier alpha value is -1.07. The summed E-state index contributed by atoms with van der Waals surface area (Å²) in [5, 5.41) is 1.86. The molecule has 0 saturated heterocycles. The lowest BCUT2D eigenvalue weighted by Crippen LogP contribution is -2.41. The number of hydrazine groups is 1. The molecule has 0 aromatic carbocycles. The van der Waals surface area contributed by atoms with Crippen LogP contribution in [0.25, 0.3) is 0 Å². The van der Waals surface area contributed by atoms with Crippen molar-refractivity contribution < 1.29 is 9.59 Å². The molecule has 1 aromatic heterocycles. The molecule has 2 amide bonds. The first-order valence-corrected chi connectivity index (χ1v) is 5.25. The Balaban J connectivity index is 2.47. The zero-order chi connectivity index (χ0) is 10.6. The van der Waals surface area contributed by atoms with Crippen molar-refractivity contribution in [1.29, 1.82) is 0 Å². The average molecular weight is 233 g/mol. The minimum absolute atomic E-state index is 0.177. The van der Waals surface area contributed by atoms with Crippen LogP contribution in [-0.2, 0) is 4.79 Å². The molecule has 0 aliphatic heterocycles. The molecule has 0 aliphatic rings. The summed E-state index contributed by atoms with van der Waals surface area (Å²) in [6.45, 7) is 1.89. The van der Waals surface area contributed by atoms with Crippen molar-refractivity contribution in [2.75, 3.05) is 5.88 Å². The first-order chi connectivity index (χ1) is 6.63. The van der Waals surface area contributed by atoms with E-state index in [-0.39, 0.29) is 11.8 Å². The molecule has 1 heterocycles. The Labute approximate surface area is 90.2 Å². The van der Waals surface area contributed by atoms with Crippen molar-refractivity contribution >= 4 is 34.8 Å². The van der Waals surface area contributed by atoms with Crippen LogP contribution in [0.4, 0.5) is 0 Å². The fraction of sp³-hybridized carbons (Fsp3) is 0.250. The van der Waals surface area contributed by atoms with Crippen molar-refractivity contribution in [3.8, 4) is 0 Å². The van der Waals surface area contributed by atoms with Gasteiger partial charge in [-0.15, -0.1) is 22.9 Å². The standard InChI is InChI=1S/C8H9ClN2O2S/c1-5-2-6(14-4-5)8(13)11-10-7(12)3-9/h2,4H,3H2,1H3,(H,10,12)(H,11,13). The zero-order valence-corrected chi connectivity index (χ0v) is 9.04. The van der Waals surface area contributed by atoms with Crippen LogP contribution in [0.1, 0.15) is 15.2 Å². The summed E-state index contributed by atoms with van der Waals surface area (Å²) in [5.41, 5.74) is 5.44. The van der Waals surface area contributed by atoms with Gasteiger partial charge >= 0.3 is 0 Å². The molecular weight excluding hydrogens is 224 g/mol. The highest BCUT2D eigenvalue weighted by atomic mass is 35.5. The van der Waals surface area contributed by atoms with Gasteiger partial charge in [0, 0.05) is 0 Å². The van der Waals surface area contributed by atoms with Gasteiger partial charge in [0.25, 0.3) is 11.8 Å². The van der Waals surface area contributed by atoms with Gasteiger partial charge in [-0.25, -0.2) is 0 Å². The van der Waals surface area contributed by atoms with Crippen molar-refractivity contribution in [1.82, 2.24) is 10.9 Å². The van der Waals surface area contributed by atoms with Crippen molar-refractivity contribution in [3.63, 3.8) is 0 Å². The molecule has 14 heavy (non-hydrogen) atoms. The third kappa shape index (κ3) is 3.01. The predicted octanol–water partition coefficient (Wildman–Crippen LogP) is 1.06. The number of carbonyl (C=O) groups excluding carboxylic acids is 2. The maximum absolute atomic E-state index is 11.3. The monoisotopic (exact) mass is 232 g/mol. The second-order valence-corrected chi connectivity index (χ2v) is 3.80. The summed E-state index contributed by atoms with van der Waals surface area (Å²) >= 11 is 6.55. The molecule has 2 N–H and O–H groups in total. The Morgan fingerprint density at radius 1 is 1.50 bits per heavy atom. The van der Waals surface area contributed by atoms with E-state index in [9.17, 15) is 9.59 Å². The highest BCUT2D eigenvalue weighted by Gasteiger charge is 2.08. The van der Waals surface area contributed by atoms with E-state index in [2.05, 4.69) is 10.9 Å². The Morgan fingerprint density at radius 2 is 2.21 bits per heavy atom. The molecule has 0 unspecified atom stereocenters. The number of aryl methyl sites for hydroxylation is 1. The van der Waals surface area contributed by atoms with Gasteiger partial charge in [0.15, 0.2) is 0 Å². The van der Waals surface area contributed by atoms with Crippen LogP contribution in [0.2, 0.25) is 0 Å². The Morgan fingerprint density at radius 3 is 2.71 bits per heavy atom. The number of halogens is 1. The summed E-state index contributed by atoms with van der Waals surface area (Å²) < 4.78 is 0. The zero-order valence-electron chi connectivity index (χ0n) is 7.46. The second kappa shape index (κ2) is 4.97. The number of hydrogen-bond donors (Lipinski definition) is 2. The van der Waals surface area contributed by atoms with Crippen molar-refractivity contribution in [3.05, 3.63) is 21.9 Å². The lowest BCUT2D eigenvalue weighted by atomic mass is 10.3. The predicted molar refractivity (Wildman–Crippen MR) is 55.4 cm³/mol. The van der Waals surface area contributed by atoms with Crippen LogP contribution >= 0.6 is 22.9 Å². The minimum atomic E-state index is -0.437. The van der Waals surface area contributed by atoms with Crippen LogP contribution in [-0.4, -0.2) is 17.7 Å². The third-order valence-electron chi connectivity index (χ3n) is 1.39. The highest BCUT2D eigenvalue weighted by molar-refractivity contribution is 7.12. The molecule has 0 fully saturated rings. The van der Waals surface area contributed by atoms with Crippen LogP contribution in [0.3, 0.4) is 0 Å². The number of hydrogen-bond acceptors (Lipinski definition) is 3. The third-order valence-corrected chi connectivity index (χ3v) is 2.68. The van der Waals surface area contributed by atoms with Crippen molar-refractivity contribution in [2.45, 2.75) is 6.92 Å². The normalized spacial score (nSPS) is 9.57. The smallest absolute Gasteiger partial charge is 0.272 e. The molecule has 0 saturated carbocycles. The number of nitrogens with one attached hydrogen (secondary N) is 2. The number of alkyl halides is 1. The van der Waals surface area contributed by atoms with Gasteiger partial charge in [0.05, 0.1) is 4.88 Å². The van der Waals surface area contributed by atoms with E-state index in [1.54, 1.807) is 6.07 Å². The van der Waals surface area contributed by atoms with Crippen LogP contribution in [0.15, 0.2) is 11.4 Å². The SMILES string of the molecule is Cc1csc(C(=O)NNC(=O)CCl)c1. The summed E-state index contributed by atoms with van der Waals surface area (Å²) in [6, 6.07) is 1.74. The molecule has 1 rings (SSSR count). The first kappa shape index (κ1) is 11.0. The van der Waals surface area contributed by atoms with Crippen LogP contribution in [0.5, 0.6) is 0 Å². The maximum Gasteiger partial charge on any atom is 0.279 e. The summed E-state index contributed by atoms with van der Waals surface area (Å²) in [4.78, 5) is 22.6. The van der Waals surface area contributed by atoms with Gasteiger partial charge in [-0.1, -0.05) is 0 Å². The summed E-state index contributed by atoms with van der Waals surface area (Å²) in [5.74, 6) is -0.945. The van der Waals surface area contributed by atoms with Crippen LogP contribution in [0, 0.1) is 6.92 Å². The molecule has 0 spiro atoms. The number of amides is 2. The molecule has 1 aromatic rings. The fourth-order valence-electron chi connectivity index (χ4n) is 0.772. The first-order valence-electron chi connectivity index (χ1n) is 3.83. The quantitative estimate of drug-likeness (QED) is 0.592. The molecule has 6 heteroatoms. The average Bonchev–Trinajstić information content (AvgIpc) is 2.60. The molecule has 0 aliphatic carbocycles. The van der Waals surface area contributed by atoms with E-state index < -0.39 is 5.91 Å². The lowest BCUT2D eigenvalue weighted by molar-refractivity contribution is -0.119. The number of rotatable bonds is 2. The fourth-order valence-corrected chi connectivity index (χ4v) is 1.63. The minimum Gasteiger partial charge on any atom is -0.272 e. The lowest BCUT2D eigenvalue weighted by Gasteiger charge is -2.02. The molecular formula is C8H9ClN2O2S.